The van der Waals surface area contributed by atoms with Crippen LogP contribution >= 0.6 is 0 Å². The van der Waals surface area contributed by atoms with Gasteiger partial charge in [0.15, 0.2) is 0 Å². The molecule has 0 N–H and O–H groups in total. The molecule has 3 saturated carbocycles. The Morgan fingerprint density at radius 3 is 2.16 bits per heavy atom. The van der Waals surface area contributed by atoms with Crippen molar-refractivity contribution in [3.63, 3.8) is 0 Å². The SMILES string of the molecule is [2H]C1(c2ccc(-c3ccnc(-c4ccccc4)c3)cc2)CC2CC(C2)C1. The van der Waals surface area contributed by atoms with E-state index < -0.39 is 0 Å². The minimum absolute atomic E-state index is 0.363. The summed E-state index contributed by atoms with van der Waals surface area (Å²) >= 11 is 0. The Morgan fingerprint density at radius 2 is 1.44 bits per heavy atom. The largest absolute Gasteiger partial charge is 0.256 e. The normalized spacial score (nSPS) is 28.1. The highest BCUT2D eigenvalue weighted by Crippen LogP contribution is 2.51. The quantitative estimate of drug-likeness (QED) is 0.549. The van der Waals surface area contributed by atoms with E-state index in [0.29, 0.717) is 0 Å². The molecule has 1 aromatic heterocycles. The van der Waals surface area contributed by atoms with Crippen molar-refractivity contribution in [2.45, 2.75) is 31.6 Å². The number of rotatable bonds is 3. The monoisotopic (exact) mass is 326 g/mol. The van der Waals surface area contributed by atoms with Gasteiger partial charge >= 0.3 is 0 Å². The average molecular weight is 326 g/mol. The van der Waals surface area contributed by atoms with Crippen LogP contribution in [-0.2, 0) is 0 Å². The molecule has 3 fully saturated rings. The molecular formula is C24H23N. The molecule has 3 aromatic rings. The topological polar surface area (TPSA) is 12.9 Å². The van der Waals surface area contributed by atoms with Crippen LogP contribution in [0.25, 0.3) is 22.4 Å². The van der Waals surface area contributed by atoms with Crippen LogP contribution < -0.4 is 0 Å². The molecule has 124 valence electrons. The van der Waals surface area contributed by atoms with E-state index in [2.05, 4.69) is 53.5 Å². The van der Waals surface area contributed by atoms with E-state index in [1.807, 2.05) is 24.4 Å². The van der Waals surface area contributed by atoms with Gasteiger partial charge in [0.1, 0.15) is 0 Å². The van der Waals surface area contributed by atoms with E-state index >= 15 is 0 Å². The smallest absolute Gasteiger partial charge is 0.0708 e. The van der Waals surface area contributed by atoms with Gasteiger partial charge in [-0.1, -0.05) is 54.6 Å². The summed E-state index contributed by atoms with van der Waals surface area (Å²) in [5.41, 5.74) is 5.69. The molecule has 1 heteroatoms. The fraction of sp³-hybridized carbons (Fsp3) is 0.292. The summed E-state index contributed by atoms with van der Waals surface area (Å²) in [6, 6.07) is 23.2. The summed E-state index contributed by atoms with van der Waals surface area (Å²) in [6.45, 7) is 0. The molecule has 0 saturated heterocycles. The van der Waals surface area contributed by atoms with Crippen molar-refractivity contribution in [1.29, 1.82) is 0 Å². The van der Waals surface area contributed by atoms with Gasteiger partial charge in [0.25, 0.3) is 0 Å². The number of aromatic nitrogens is 1. The van der Waals surface area contributed by atoms with E-state index in [1.165, 1.54) is 29.5 Å². The Balaban J connectivity index is 1.43. The van der Waals surface area contributed by atoms with Crippen LogP contribution in [-0.4, -0.2) is 4.98 Å². The Hall–Kier alpha value is -2.41. The number of hydrogen-bond acceptors (Lipinski definition) is 1. The van der Waals surface area contributed by atoms with Gasteiger partial charge in [0.2, 0.25) is 0 Å². The predicted molar refractivity (Wildman–Crippen MR) is 103 cm³/mol. The molecule has 2 aromatic carbocycles. The van der Waals surface area contributed by atoms with Gasteiger partial charge < -0.3 is 0 Å². The molecule has 3 aliphatic rings. The Bertz CT molecular complexity index is 900. The molecule has 0 spiro atoms. The third kappa shape index (κ3) is 2.89. The summed E-state index contributed by atoms with van der Waals surface area (Å²) in [5.74, 6) is 1.22. The van der Waals surface area contributed by atoms with Crippen molar-refractivity contribution >= 4 is 0 Å². The summed E-state index contributed by atoms with van der Waals surface area (Å²) < 4.78 is 8.93. The molecule has 1 nitrogen and oxygen atoms in total. The minimum Gasteiger partial charge on any atom is -0.256 e. The number of pyridine rings is 1. The summed E-state index contributed by atoms with van der Waals surface area (Å²) in [7, 11) is 0. The highest BCUT2D eigenvalue weighted by atomic mass is 14.7. The molecule has 1 heterocycles. The number of fused-ring (bicyclic) bond motifs is 2. The molecular weight excluding hydrogens is 302 g/mol. The van der Waals surface area contributed by atoms with Gasteiger partial charge in [0.05, 0.1) is 5.69 Å². The zero-order chi connectivity index (χ0) is 17.6. The molecule has 2 bridgehead atoms. The number of nitrogens with zero attached hydrogens (tertiary/aromatic N) is 1. The first kappa shape index (κ1) is 13.8. The second-order valence-corrected chi connectivity index (χ2v) is 7.59. The molecule has 0 aliphatic heterocycles. The maximum absolute atomic E-state index is 8.93. The lowest BCUT2D eigenvalue weighted by molar-refractivity contribution is 0.0966. The van der Waals surface area contributed by atoms with Gasteiger partial charge in [-0.2, -0.15) is 0 Å². The van der Waals surface area contributed by atoms with Crippen molar-refractivity contribution in [3.8, 4) is 22.4 Å². The van der Waals surface area contributed by atoms with Crippen molar-refractivity contribution in [1.82, 2.24) is 4.98 Å². The first-order chi connectivity index (χ1) is 12.7. The molecule has 0 radical (unpaired) electrons. The minimum atomic E-state index is -0.363. The first-order valence-corrected chi connectivity index (χ1v) is 9.32. The highest BCUT2D eigenvalue weighted by Gasteiger charge is 2.38. The van der Waals surface area contributed by atoms with Crippen molar-refractivity contribution in [2.75, 3.05) is 0 Å². The standard InChI is InChI=1S/C24H23N/c1-2-4-21(5-3-1)24-16-22(10-11-25-24)19-6-8-20(9-7-19)23-14-17-12-18(13-17)15-23/h1-11,16-18,23H,12-15H2/i23D. The first-order valence-electron chi connectivity index (χ1n) is 9.82. The molecule has 3 aliphatic carbocycles. The summed E-state index contributed by atoms with van der Waals surface area (Å²) in [5, 5.41) is 0. The highest BCUT2D eigenvalue weighted by molar-refractivity contribution is 5.70. The van der Waals surface area contributed by atoms with Gasteiger partial charge in [-0.3, -0.25) is 4.98 Å². The predicted octanol–water partition coefficient (Wildman–Crippen LogP) is 6.32. The molecule has 0 atom stereocenters. The van der Waals surface area contributed by atoms with Crippen LogP contribution in [0, 0.1) is 11.8 Å². The fourth-order valence-electron chi connectivity index (χ4n) is 4.50. The van der Waals surface area contributed by atoms with E-state index in [0.717, 1.165) is 35.9 Å². The zero-order valence-corrected chi connectivity index (χ0v) is 14.4. The van der Waals surface area contributed by atoms with Crippen molar-refractivity contribution < 1.29 is 1.37 Å². The Morgan fingerprint density at radius 1 is 0.720 bits per heavy atom. The third-order valence-electron chi connectivity index (χ3n) is 5.86. The lowest BCUT2D eigenvalue weighted by atomic mass is 9.60. The molecule has 0 unspecified atom stereocenters. The van der Waals surface area contributed by atoms with Gasteiger partial charge in [-0.25, -0.2) is 0 Å². The molecule has 6 rings (SSSR count). The van der Waals surface area contributed by atoms with Crippen LogP contribution in [0.1, 0.15) is 38.5 Å². The fourth-order valence-corrected chi connectivity index (χ4v) is 4.50. The number of benzene rings is 2. The van der Waals surface area contributed by atoms with Crippen LogP contribution in [0.15, 0.2) is 72.9 Å². The van der Waals surface area contributed by atoms with E-state index in [-0.39, 0.29) is 5.89 Å². The summed E-state index contributed by atoms with van der Waals surface area (Å²) in [4.78, 5) is 4.52. The van der Waals surface area contributed by atoms with Gasteiger partial charge in [-0.15, -0.1) is 0 Å². The Labute approximate surface area is 151 Å². The second kappa shape index (κ2) is 6.15. The molecule has 25 heavy (non-hydrogen) atoms. The second-order valence-electron chi connectivity index (χ2n) is 7.59. The van der Waals surface area contributed by atoms with Crippen molar-refractivity contribution in [3.05, 3.63) is 78.5 Å². The van der Waals surface area contributed by atoms with Crippen LogP contribution in [0.3, 0.4) is 0 Å². The van der Waals surface area contributed by atoms with E-state index in [4.69, 9.17) is 1.37 Å². The van der Waals surface area contributed by atoms with Gasteiger partial charge in [-0.05, 0) is 72.2 Å². The average Bonchev–Trinajstić information content (AvgIpc) is 2.68. The lowest BCUT2D eigenvalue weighted by Gasteiger charge is -2.45. The van der Waals surface area contributed by atoms with Crippen LogP contribution in [0.2, 0.25) is 0 Å². The number of hydrogen-bond donors (Lipinski definition) is 0. The maximum atomic E-state index is 8.93. The lowest BCUT2D eigenvalue weighted by Crippen LogP contribution is -2.32. The Kier molecular flexibility index (Phi) is 3.40. The van der Waals surface area contributed by atoms with Crippen molar-refractivity contribution in [2.24, 2.45) is 11.8 Å². The van der Waals surface area contributed by atoms with Gasteiger partial charge in [0, 0.05) is 13.1 Å². The van der Waals surface area contributed by atoms with E-state index in [1.54, 1.807) is 0 Å². The van der Waals surface area contributed by atoms with E-state index in [9.17, 15) is 0 Å². The maximum Gasteiger partial charge on any atom is 0.0708 e. The van der Waals surface area contributed by atoms with Crippen LogP contribution in [0.4, 0.5) is 0 Å². The summed E-state index contributed by atoms with van der Waals surface area (Å²) in [6.07, 6.45) is 6.68. The van der Waals surface area contributed by atoms with Crippen LogP contribution in [0.5, 0.6) is 0 Å². The molecule has 0 amide bonds. The zero-order valence-electron chi connectivity index (χ0n) is 15.4. The third-order valence-corrected chi connectivity index (χ3v) is 5.86.